The summed E-state index contributed by atoms with van der Waals surface area (Å²) in [6.07, 6.45) is 1.70. The second-order valence-corrected chi connectivity index (χ2v) is 8.11. The number of aliphatic imine (C=N–C) groups is 1. The maximum atomic E-state index is 5.57. The molecule has 0 spiro atoms. The van der Waals surface area contributed by atoms with Crippen LogP contribution in [0.1, 0.15) is 5.56 Å². The average molecular weight is 421 g/mol. The van der Waals surface area contributed by atoms with Crippen LogP contribution in [-0.2, 0) is 0 Å². The van der Waals surface area contributed by atoms with E-state index in [0.29, 0.717) is 5.71 Å². The summed E-state index contributed by atoms with van der Waals surface area (Å²) in [4.78, 5) is 9.36. The second kappa shape index (κ2) is 8.50. The summed E-state index contributed by atoms with van der Waals surface area (Å²) in [5.74, 6) is 5.57. The molecule has 1 aliphatic rings. The lowest BCUT2D eigenvalue weighted by Gasteiger charge is -2.32. The van der Waals surface area contributed by atoms with Gasteiger partial charge in [-0.15, -0.1) is 0 Å². The summed E-state index contributed by atoms with van der Waals surface area (Å²) in [6, 6.07) is 35.0. The van der Waals surface area contributed by atoms with Crippen molar-refractivity contribution in [3.8, 4) is 0 Å². The van der Waals surface area contributed by atoms with E-state index in [1.54, 1.807) is 18.0 Å². The van der Waals surface area contributed by atoms with Crippen LogP contribution < -0.4 is 10.7 Å². The molecule has 2 N–H and O–H groups in total. The SMILES string of the molecule is NN=C(C=Nc1ccc(N2c3ccccc3Sc3ccccc32)cc1)c1ccccc1. The van der Waals surface area contributed by atoms with Gasteiger partial charge in [0.25, 0.3) is 0 Å². The molecule has 4 aromatic rings. The zero-order valence-corrected chi connectivity index (χ0v) is 17.5. The molecule has 0 aromatic heterocycles. The first-order valence-electron chi connectivity index (χ1n) is 9.97. The van der Waals surface area contributed by atoms with Gasteiger partial charge in [0, 0.05) is 21.0 Å². The Balaban J connectivity index is 1.46. The fraction of sp³-hybridized carbons (Fsp3) is 0. The van der Waals surface area contributed by atoms with Crippen molar-refractivity contribution in [2.75, 3.05) is 4.90 Å². The number of rotatable bonds is 4. The van der Waals surface area contributed by atoms with Crippen LogP contribution in [0.3, 0.4) is 0 Å². The van der Waals surface area contributed by atoms with Crippen LogP contribution in [0.15, 0.2) is 123 Å². The standard InChI is InChI=1S/C26H20N4S/c27-29-22(19-8-2-1-3-9-19)18-28-20-14-16-21(17-15-20)30-23-10-4-6-12-25(23)31-26-13-7-5-11-24(26)30/h1-18H,27H2. The van der Waals surface area contributed by atoms with Gasteiger partial charge in [-0.25, -0.2) is 0 Å². The Kier molecular flexibility index (Phi) is 5.25. The van der Waals surface area contributed by atoms with E-state index in [-0.39, 0.29) is 0 Å². The number of para-hydroxylation sites is 2. The number of hydrogen-bond acceptors (Lipinski definition) is 5. The van der Waals surface area contributed by atoms with E-state index in [1.165, 1.54) is 21.2 Å². The lowest BCUT2D eigenvalue weighted by atomic mass is 10.1. The Morgan fingerprint density at radius 1 is 0.710 bits per heavy atom. The van der Waals surface area contributed by atoms with Crippen LogP contribution in [0.2, 0.25) is 0 Å². The lowest BCUT2D eigenvalue weighted by molar-refractivity contribution is 1.17. The number of hydrazone groups is 1. The Morgan fingerprint density at radius 3 is 1.90 bits per heavy atom. The van der Waals surface area contributed by atoms with E-state index in [4.69, 9.17) is 5.84 Å². The van der Waals surface area contributed by atoms with E-state index < -0.39 is 0 Å². The number of fused-ring (bicyclic) bond motifs is 2. The van der Waals surface area contributed by atoms with Crippen molar-refractivity contribution < 1.29 is 0 Å². The van der Waals surface area contributed by atoms with E-state index in [2.05, 4.69) is 75.7 Å². The van der Waals surface area contributed by atoms with Gasteiger partial charge in [-0.3, -0.25) is 4.99 Å². The first kappa shape index (κ1) is 19.2. The van der Waals surface area contributed by atoms with Crippen molar-refractivity contribution in [3.05, 3.63) is 109 Å². The first-order chi connectivity index (χ1) is 15.3. The molecule has 150 valence electrons. The van der Waals surface area contributed by atoms with Crippen molar-refractivity contribution in [1.29, 1.82) is 0 Å². The highest BCUT2D eigenvalue weighted by Gasteiger charge is 2.23. The van der Waals surface area contributed by atoms with Gasteiger partial charge in [0.05, 0.1) is 23.3 Å². The maximum absolute atomic E-state index is 5.57. The van der Waals surface area contributed by atoms with Crippen molar-refractivity contribution in [2.24, 2.45) is 15.9 Å². The summed E-state index contributed by atoms with van der Waals surface area (Å²) in [5.41, 5.74) is 5.88. The molecule has 4 aromatic carbocycles. The van der Waals surface area contributed by atoms with Gasteiger partial charge in [0.15, 0.2) is 0 Å². The van der Waals surface area contributed by atoms with E-state index in [1.807, 2.05) is 42.5 Å². The topological polar surface area (TPSA) is 54.0 Å². The molecule has 4 nitrogen and oxygen atoms in total. The zero-order chi connectivity index (χ0) is 21.0. The predicted molar refractivity (Wildman–Crippen MR) is 131 cm³/mol. The van der Waals surface area contributed by atoms with E-state index >= 15 is 0 Å². The predicted octanol–water partition coefficient (Wildman–Crippen LogP) is 6.69. The Hall–Kier alpha value is -3.83. The van der Waals surface area contributed by atoms with Gasteiger partial charge in [-0.05, 0) is 48.5 Å². The highest BCUT2D eigenvalue weighted by molar-refractivity contribution is 7.99. The molecule has 0 radical (unpaired) electrons. The fourth-order valence-corrected chi connectivity index (χ4v) is 4.66. The highest BCUT2D eigenvalue weighted by Crippen LogP contribution is 2.51. The molecular weight excluding hydrogens is 400 g/mol. The number of nitrogens with two attached hydrogens (primary N) is 1. The summed E-state index contributed by atoms with van der Waals surface area (Å²) < 4.78 is 0. The lowest BCUT2D eigenvalue weighted by Crippen LogP contribution is -2.14. The van der Waals surface area contributed by atoms with Crippen molar-refractivity contribution in [1.82, 2.24) is 0 Å². The van der Waals surface area contributed by atoms with Crippen molar-refractivity contribution >= 4 is 46.4 Å². The molecule has 0 bridgehead atoms. The molecule has 0 fully saturated rings. The number of anilines is 3. The van der Waals surface area contributed by atoms with Crippen molar-refractivity contribution in [3.63, 3.8) is 0 Å². The number of nitrogens with zero attached hydrogens (tertiary/aromatic N) is 3. The van der Waals surface area contributed by atoms with Crippen LogP contribution in [0.4, 0.5) is 22.7 Å². The molecule has 1 heterocycles. The molecule has 0 unspecified atom stereocenters. The Bertz CT molecular complexity index is 1220. The zero-order valence-electron chi connectivity index (χ0n) is 16.7. The summed E-state index contributed by atoms with van der Waals surface area (Å²) in [7, 11) is 0. The Morgan fingerprint density at radius 2 is 1.29 bits per heavy atom. The average Bonchev–Trinajstić information content (AvgIpc) is 2.84. The third-order valence-electron chi connectivity index (χ3n) is 5.08. The summed E-state index contributed by atoms with van der Waals surface area (Å²) in [5, 5.41) is 3.87. The second-order valence-electron chi connectivity index (χ2n) is 7.03. The number of benzene rings is 4. The molecule has 0 amide bonds. The minimum Gasteiger partial charge on any atom is -0.323 e. The Labute approximate surface area is 185 Å². The van der Waals surface area contributed by atoms with Gasteiger partial charge in [0.1, 0.15) is 5.71 Å². The normalized spacial score (nSPS) is 13.2. The summed E-state index contributed by atoms with van der Waals surface area (Å²) in [6.45, 7) is 0. The monoisotopic (exact) mass is 420 g/mol. The molecule has 0 atom stereocenters. The van der Waals surface area contributed by atoms with Crippen molar-refractivity contribution in [2.45, 2.75) is 9.79 Å². The first-order valence-corrected chi connectivity index (χ1v) is 10.8. The fourth-order valence-electron chi connectivity index (χ4n) is 3.60. The third kappa shape index (κ3) is 3.83. The molecule has 0 aliphatic carbocycles. The van der Waals surface area contributed by atoms with Gasteiger partial charge in [-0.2, -0.15) is 5.10 Å². The number of hydrogen-bond donors (Lipinski definition) is 1. The smallest absolute Gasteiger partial charge is 0.108 e. The minimum atomic E-state index is 0.639. The van der Waals surface area contributed by atoms with E-state index in [9.17, 15) is 0 Å². The van der Waals surface area contributed by atoms with Crippen LogP contribution in [-0.4, -0.2) is 11.9 Å². The largest absolute Gasteiger partial charge is 0.323 e. The van der Waals surface area contributed by atoms with Crippen LogP contribution in [0.25, 0.3) is 0 Å². The molecule has 0 saturated carbocycles. The summed E-state index contributed by atoms with van der Waals surface area (Å²) >= 11 is 1.81. The van der Waals surface area contributed by atoms with Crippen LogP contribution in [0, 0.1) is 0 Å². The molecule has 31 heavy (non-hydrogen) atoms. The van der Waals surface area contributed by atoms with Gasteiger partial charge in [0.2, 0.25) is 0 Å². The van der Waals surface area contributed by atoms with Gasteiger partial charge in [-0.1, -0.05) is 66.4 Å². The molecule has 5 heteroatoms. The van der Waals surface area contributed by atoms with Crippen LogP contribution in [0.5, 0.6) is 0 Å². The molecular formula is C26H20N4S. The molecule has 1 aliphatic heterocycles. The van der Waals surface area contributed by atoms with E-state index in [0.717, 1.165) is 16.9 Å². The quantitative estimate of drug-likeness (QED) is 0.200. The molecule has 5 rings (SSSR count). The van der Waals surface area contributed by atoms with Crippen LogP contribution >= 0.6 is 11.8 Å². The van der Waals surface area contributed by atoms with Gasteiger partial charge < -0.3 is 10.7 Å². The maximum Gasteiger partial charge on any atom is 0.108 e. The minimum absolute atomic E-state index is 0.639. The highest BCUT2D eigenvalue weighted by atomic mass is 32.2. The third-order valence-corrected chi connectivity index (χ3v) is 6.21. The van der Waals surface area contributed by atoms with Gasteiger partial charge >= 0.3 is 0 Å². The molecule has 0 saturated heterocycles.